The predicted octanol–water partition coefficient (Wildman–Crippen LogP) is 7.79. The molecule has 1 aromatic heterocycles. The van der Waals surface area contributed by atoms with Crippen LogP contribution in [0.4, 0.5) is 5.69 Å². The van der Waals surface area contributed by atoms with Gasteiger partial charge in [-0.05, 0) is 96.5 Å². The third-order valence-corrected chi connectivity index (χ3v) is 7.74. The number of likely N-dealkylation sites (N-methyl/N-ethyl adjacent to an activating group) is 1. The highest BCUT2D eigenvalue weighted by Crippen LogP contribution is 2.36. The SMILES string of the molecule is CCN1C(=O)/C(=C/c2cc(C)n(-c3ccccc3Cl)c2C)SC1=Nc1ccc(Br)c(Cl)c1. The zero-order valence-corrected chi connectivity index (χ0v) is 21.6. The summed E-state index contributed by atoms with van der Waals surface area (Å²) in [5.74, 6) is -0.0537. The largest absolute Gasteiger partial charge is 0.316 e. The van der Waals surface area contributed by atoms with Crippen molar-refractivity contribution in [2.24, 2.45) is 4.99 Å². The van der Waals surface area contributed by atoms with E-state index in [1.807, 2.05) is 63.2 Å². The fourth-order valence-electron chi connectivity index (χ4n) is 3.61. The molecule has 0 unspecified atom stereocenters. The van der Waals surface area contributed by atoms with Crippen LogP contribution >= 0.6 is 50.9 Å². The number of hydrogen-bond donors (Lipinski definition) is 0. The minimum atomic E-state index is -0.0537. The van der Waals surface area contributed by atoms with E-state index in [4.69, 9.17) is 23.2 Å². The third-order valence-electron chi connectivity index (χ3n) is 5.18. The summed E-state index contributed by atoms with van der Waals surface area (Å²) in [6, 6.07) is 15.3. The van der Waals surface area contributed by atoms with Crippen LogP contribution in [0.3, 0.4) is 0 Å². The maximum absolute atomic E-state index is 13.1. The van der Waals surface area contributed by atoms with Crippen molar-refractivity contribution >= 4 is 73.7 Å². The first kappa shape index (κ1) is 23.2. The van der Waals surface area contributed by atoms with E-state index in [9.17, 15) is 4.79 Å². The molecule has 2 heterocycles. The van der Waals surface area contributed by atoms with Crippen molar-refractivity contribution in [2.45, 2.75) is 20.8 Å². The molecule has 3 aromatic rings. The Bertz CT molecular complexity index is 1280. The fourth-order valence-corrected chi connectivity index (χ4v) is 5.31. The first-order valence-corrected chi connectivity index (χ1v) is 12.4. The number of halogens is 3. The molecule has 4 rings (SSSR count). The summed E-state index contributed by atoms with van der Waals surface area (Å²) in [4.78, 5) is 20.1. The standard InChI is InChI=1S/C24H20BrCl2N3OS/c1-4-29-23(31)22(32-24(29)28-17-9-10-18(25)20(27)13-17)12-16-11-14(2)30(15(16)3)21-8-6-5-7-19(21)26/h5-13H,4H2,1-3H3/b22-12-,28-24?. The van der Waals surface area contributed by atoms with Gasteiger partial charge in [0.25, 0.3) is 5.91 Å². The molecule has 0 aliphatic carbocycles. The number of aliphatic imine (C=N–C) groups is 1. The van der Waals surface area contributed by atoms with E-state index in [0.717, 1.165) is 27.1 Å². The van der Waals surface area contributed by atoms with Gasteiger partial charge in [0, 0.05) is 22.4 Å². The highest BCUT2D eigenvalue weighted by Gasteiger charge is 2.32. The maximum atomic E-state index is 13.1. The van der Waals surface area contributed by atoms with Gasteiger partial charge >= 0.3 is 0 Å². The maximum Gasteiger partial charge on any atom is 0.266 e. The number of para-hydroxylation sites is 1. The summed E-state index contributed by atoms with van der Waals surface area (Å²) in [7, 11) is 0. The molecule has 0 bridgehead atoms. The molecule has 8 heteroatoms. The van der Waals surface area contributed by atoms with Gasteiger partial charge in [0.05, 0.1) is 26.3 Å². The number of aryl methyl sites for hydroxylation is 1. The van der Waals surface area contributed by atoms with E-state index in [1.54, 1.807) is 11.0 Å². The number of hydrogen-bond acceptors (Lipinski definition) is 3. The molecule has 0 saturated carbocycles. The molecule has 32 heavy (non-hydrogen) atoms. The van der Waals surface area contributed by atoms with Crippen molar-refractivity contribution in [3.63, 3.8) is 0 Å². The number of thioether (sulfide) groups is 1. The molecule has 1 fully saturated rings. The predicted molar refractivity (Wildman–Crippen MR) is 139 cm³/mol. The van der Waals surface area contributed by atoms with Crippen molar-refractivity contribution in [3.05, 3.63) is 84.9 Å². The van der Waals surface area contributed by atoms with Crippen LogP contribution in [0.25, 0.3) is 11.8 Å². The first-order chi connectivity index (χ1) is 15.3. The van der Waals surface area contributed by atoms with E-state index in [-0.39, 0.29) is 5.91 Å². The Hall–Kier alpha value is -1.99. The van der Waals surface area contributed by atoms with Gasteiger partial charge < -0.3 is 4.57 Å². The summed E-state index contributed by atoms with van der Waals surface area (Å²) in [5.41, 5.74) is 4.66. The number of benzene rings is 2. The van der Waals surface area contributed by atoms with E-state index < -0.39 is 0 Å². The van der Waals surface area contributed by atoms with Gasteiger partial charge in [0.1, 0.15) is 0 Å². The Morgan fingerprint density at radius 2 is 1.84 bits per heavy atom. The monoisotopic (exact) mass is 547 g/mol. The second-order valence-corrected chi connectivity index (χ2v) is 9.94. The minimum absolute atomic E-state index is 0.0537. The van der Waals surface area contributed by atoms with Crippen molar-refractivity contribution < 1.29 is 4.79 Å². The van der Waals surface area contributed by atoms with Crippen LogP contribution in [0.15, 0.2) is 62.9 Å². The topological polar surface area (TPSA) is 37.6 Å². The van der Waals surface area contributed by atoms with Crippen molar-refractivity contribution in [1.29, 1.82) is 0 Å². The number of rotatable bonds is 4. The van der Waals surface area contributed by atoms with Crippen LogP contribution in [0.5, 0.6) is 0 Å². The van der Waals surface area contributed by atoms with Crippen LogP contribution in [0, 0.1) is 13.8 Å². The number of carbonyl (C=O) groups is 1. The van der Waals surface area contributed by atoms with Crippen molar-refractivity contribution in [3.8, 4) is 5.69 Å². The average Bonchev–Trinajstić information content (AvgIpc) is 3.20. The Morgan fingerprint density at radius 3 is 2.53 bits per heavy atom. The van der Waals surface area contributed by atoms with Crippen LogP contribution in [-0.2, 0) is 4.79 Å². The quantitative estimate of drug-likeness (QED) is 0.312. The molecule has 1 saturated heterocycles. The molecule has 1 aliphatic heterocycles. The molecular formula is C24H20BrCl2N3OS. The van der Waals surface area contributed by atoms with Gasteiger partial charge in [0.15, 0.2) is 5.17 Å². The number of nitrogens with zero attached hydrogens (tertiary/aromatic N) is 3. The van der Waals surface area contributed by atoms with Crippen LogP contribution in [-0.4, -0.2) is 27.1 Å². The number of amides is 1. The summed E-state index contributed by atoms with van der Waals surface area (Å²) < 4.78 is 2.91. The molecule has 164 valence electrons. The van der Waals surface area contributed by atoms with E-state index in [2.05, 4.69) is 31.6 Å². The molecule has 1 aliphatic rings. The zero-order chi connectivity index (χ0) is 23.0. The molecule has 0 radical (unpaired) electrons. The van der Waals surface area contributed by atoms with Gasteiger partial charge in [-0.15, -0.1) is 0 Å². The molecule has 2 aromatic carbocycles. The molecule has 0 spiro atoms. The normalized spacial score (nSPS) is 16.6. The van der Waals surface area contributed by atoms with Crippen molar-refractivity contribution in [2.75, 3.05) is 6.54 Å². The third kappa shape index (κ3) is 4.42. The summed E-state index contributed by atoms with van der Waals surface area (Å²) in [5, 5.41) is 1.90. The Morgan fingerprint density at radius 1 is 1.09 bits per heavy atom. The van der Waals surface area contributed by atoms with Gasteiger partial charge in [0.2, 0.25) is 0 Å². The summed E-state index contributed by atoms with van der Waals surface area (Å²) in [6.45, 7) is 6.54. The molecule has 0 atom stereocenters. The lowest BCUT2D eigenvalue weighted by Gasteiger charge is -2.12. The zero-order valence-electron chi connectivity index (χ0n) is 17.7. The molecule has 0 N–H and O–H groups in total. The lowest BCUT2D eigenvalue weighted by atomic mass is 10.2. The van der Waals surface area contributed by atoms with Gasteiger partial charge in [-0.1, -0.05) is 35.3 Å². The molecular weight excluding hydrogens is 529 g/mol. The average molecular weight is 549 g/mol. The molecule has 1 amide bonds. The molecule has 4 nitrogen and oxygen atoms in total. The first-order valence-electron chi connectivity index (χ1n) is 9.99. The van der Waals surface area contributed by atoms with E-state index in [0.29, 0.717) is 32.4 Å². The van der Waals surface area contributed by atoms with Gasteiger partial charge in [-0.2, -0.15) is 0 Å². The number of amidine groups is 1. The minimum Gasteiger partial charge on any atom is -0.316 e. The summed E-state index contributed by atoms with van der Waals surface area (Å²) in [6.07, 6.45) is 1.93. The second-order valence-electron chi connectivity index (χ2n) is 7.27. The smallest absolute Gasteiger partial charge is 0.266 e. The highest BCUT2D eigenvalue weighted by molar-refractivity contribution is 9.10. The Labute approximate surface area is 210 Å². The van der Waals surface area contributed by atoms with Gasteiger partial charge in [-0.3, -0.25) is 9.69 Å². The van der Waals surface area contributed by atoms with E-state index in [1.165, 1.54) is 11.8 Å². The summed E-state index contributed by atoms with van der Waals surface area (Å²) >= 11 is 17.4. The van der Waals surface area contributed by atoms with Crippen LogP contribution in [0.2, 0.25) is 10.0 Å². The van der Waals surface area contributed by atoms with Crippen molar-refractivity contribution in [1.82, 2.24) is 9.47 Å². The Balaban J connectivity index is 1.71. The van der Waals surface area contributed by atoms with E-state index >= 15 is 0 Å². The number of aromatic nitrogens is 1. The lowest BCUT2D eigenvalue weighted by Crippen LogP contribution is -2.28. The highest BCUT2D eigenvalue weighted by atomic mass is 79.9. The lowest BCUT2D eigenvalue weighted by molar-refractivity contribution is -0.122. The second kappa shape index (κ2) is 9.48. The number of carbonyl (C=O) groups excluding carboxylic acids is 1. The Kier molecular flexibility index (Phi) is 6.86. The fraction of sp³-hybridized carbons (Fsp3) is 0.167. The van der Waals surface area contributed by atoms with Crippen LogP contribution in [0.1, 0.15) is 23.9 Å². The van der Waals surface area contributed by atoms with Crippen LogP contribution < -0.4 is 0 Å². The van der Waals surface area contributed by atoms with Gasteiger partial charge in [-0.25, -0.2) is 4.99 Å².